The van der Waals surface area contributed by atoms with Crippen molar-refractivity contribution in [3.05, 3.63) is 0 Å². The quantitative estimate of drug-likeness (QED) is 0.692. The van der Waals surface area contributed by atoms with Crippen molar-refractivity contribution in [2.24, 2.45) is 17.6 Å². The summed E-state index contributed by atoms with van der Waals surface area (Å²) in [5, 5.41) is 3.01. The van der Waals surface area contributed by atoms with E-state index in [0.717, 1.165) is 13.0 Å². The van der Waals surface area contributed by atoms with Gasteiger partial charge in [0.1, 0.15) is 0 Å². The normalized spacial score (nSPS) is 15.2. The zero-order valence-corrected chi connectivity index (χ0v) is 12.9. The highest BCUT2D eigenvalue weighted by Crippen LogP contribution is 2.04. The lowest BCUT2D eigenvalue weighted by Gasteiger charge is -2.23. The summed E-state index contributed by atoms with van der Waals surface area (Å²) in [5.74, 6) is 1.05. The Morgan fingerprint density at radius 3 is 2.17 bits per heavy atom. The van der Waals surface area contributed by atoms with Gasteiger partial charge in [-0.1, -0.05) is 27.7 Å². The second kappa shape index (κ2) is 8.48. The molecule has 0 spiro atoms. The minimum atomic E-state index is 0.0943. The van der Waals surface area contributed by atoms with Crippen molar-refractivity contribution >= 4 is 5.91 Å². The van der Waals surface area contributed by atoms with Crippen LogP contribution in [0.2, 0.25) is 0 Å². The molecular formula is C14H31N3O. The topological polar surface area (TPSA) is 58.4 Å². The summed E-state index contributed by atoms with van der Waals surface area (Å²) in [5.41, 5.74) is 5.99. The molecule has 0 aliphatic heterocycles. The van der Waals surface area contributed by atoms with Crippen LogP contribution in [0.5, 0.6) is 0 Å². The maximum atomic E-state index is 11.8. The first-order valence-corrected chi connectivity index (χ1v) is 6.97. The first-order valence-electron chi connectivity index (χ1n) is 6.97. The van der Waals surface area contributed by atoms with E-state index in [9.17, 15) is 4.79 Å². The fourth-order valence-electron chi connectivity index (χ4n) is 1.49. The zero-order chi connectivity index (χ0) is 14.3. The van der Waals surface area contributed by atoms with Crippen LogP contribution < -0.4 is 11.1 Å². The molecule has 0 bridgehead atoms. The number of carbonyl (C=O) groups excluding carboxylic acids is 1. The molecule has 0 aromatic rings. The predicted octanol–water partition coefficient (Wildman–Crippen LogP) is 1.45. The van der Waals surface area contributed by atoms with Crippen LogP contribution in [0.3, 0.4) is 0 Å². The number of rotatable bonds is 8. The standard InChI is InChI=1S/C14H31N3O/c1-10(2)12(5)16-14(18)9-17(6)8-7-13(15)11(3)4/h10-13H,7-9,15H2,1-6H3,(H,16,18). The highest BCUT2D eigenvalue weighted by molar-refractivity contribution is 5.78. The van der Waals surface area contributed by atoms with E-state index in [2.05, 4.69) is 33.0 Å². The zero-order valence-electron chi connectivity index (χ0n) is 12.9. The monoisotopic (exact) mass is 257 g/mol. The van der Waals surface area contributed by atoms with Crippen LogP contribution in [-0.2, 0) is 4.79 Å². The maximum absolute atomic E-state index is 11.8. The smallest absolute Gasteiger partial charge is 0.234 e. The van der Waals surface area contributed by atoms with E-state index in [1.54, 1.807) is 0 Å². The Morgan fingerprint density at radius 2 is 1.72 bits per heavy atom. The van der Waals surface area contributed by atoms with Gasteiger partial charge in [-0.25, -0.2) is 0 Å². The molecule has 108 valence electrons. The van der Waals surface area contributed by atoms with Crippen molar-refractivity contribution in [1.29, 1.82) is 0 Å². The Morgan fingerprint density at radius 1 is 1.17 bits per heavy atom. The van der Waals surface area contributed by atoms with Crippen molar-refractivity contribution in [3.63, 3.8) is 0 Å². The number of amides is 1. The molecule has 1 amide bonds. The van der Waals surface area contributed by atoms with Crippen LogP contribution in [0.4, 0.5) is 0 Å². The second-order valence-electron chi connectivity index (χ2n) is 6.03. The Hall–Kier alpha value is -0.610. The van der Waals surface area contributed by atoms with E-state index < -0.39 is 0 Å². The lowest BCUT2D eigenvalue weighted by atomic mass is 10.0. The van der Waals surface area contributed by atoms with Crippen LogP contribution in [0.1, 0.15) is 41.0 Å². The van der Waals surface area contributed by atoms with E-state index in [1.807, 2.05) is 18.9 Å². The van der Waals surface area contributed by atoms with Gasteiger partial charge in [-0.15, -0.1) is 0 Å². The minimum Gasteiger partial charge on any atom is -0.352 e. The number of carbonyl (C=O) groups is 1. The molecule has 0 fully saturated rings. The lowest BCUT2D eigenvalue weighted by Crippen LogP contribution is -2.42. The van der Waals surface area contributed by atoms with Crippen molar-refractivity contribution in [1.82, 2.24) is 10.2 Å². The summed E-state index contributed by atoms with van der Waals surface area (Å²) in [6.07, 6.45) is 0.932. The van der Waals surface area contributed by atoms with E-state index in [1.165, 1.54) is 0 Å². The summed E-state index contributed by atoms with van der Waals surface area (Å²) >= 11 is 0. The average molecular weight is 257 g/mol. The summed E-state index contributed by atoms with van der Waals surface area (Å²) in [7, 11) is 1.96. The van der Waals surface area contributed by atoms with Crippen LogP contribution in [0, 0.1) is 11.8 Å². The molecule has 2 atom stereocenters. The third-order valence-corrected chi connectivity index (χ3v) is 3.50. The molecule has 0 aliphatic carbocycles. The molecule has 4 heteroatoms. The van der Waals surface area contributed by atoms with Gasteiger partial charge in [0.15, 0.2) is 0 Å². The molecule has 0 aromatic heterocycles. The fraction of sp³-hybridized carbons (Fsp3) is 0.929. The number of hydrogen-bond donors (Lipinski definition) is 2. The molecule has 0 aromatic carbocycles. The van der Waals surface area contributed by atoms with Gasteiger partial charge in [0.25, 0.3) is 0 Å². The summed E-state index contributed by atoms with van der Waals surface area (Å²) in [4.78, 5) is 13.8. The highest BCUT2D eigenvalue weighted by Gasteiger charge is 2.14. The lowest BCUT2D eigenvalue weighted by molar-refractivity contribution is -0.122. The third kappa shape index (κ3) is 7.67. The number of hydrogen-bond acceptors (Lipinski definition) is 3. The molecular weight excluding hydrogens is 226 g/mol. The third-order valence-electron chi connectivity index (χ3n) is 3.50. The highest BCUT2D eigenvalue weighted by atomic mass is 16.2. The van der Waals surface area contributed by atoms with Crippen molar-refractivity contribution in [2.45, 2.75) is 53.1 Å². The summed E-state index contributed by atoms with van der Waals surface area (Å²) in [6.45, 7) is 11.8. The molecule has 0 aliphatic rings. The number of nitrogens with one attached hydrogen (secondary N) is 1. The Kier molecular flexibility index (Phi) is 8.20. The van der Waals surface area contributed by atoms with Crippen molar-refractivity contribution in [2.75, 3.05) is 20.1 Å². The van der Waals surface area contributed by atoms with E-state index >= 15 is 0 Å². The average Bonchev–Trinajstić information content (AvgIpc) is 2.24. The van der Waals surface area contributed by atoms with Crippen LogP contribution in [-0.4, -0.2) is 43.0 Å². The van der Waals surface area contributed by atoms with Gasteiger partial charge in [0.2, 0.25) is 5.91 Å². The van der Waals surface area contributed by atoms with Gasteiger partial charge in [-0.2, -0.15) is 0 Å². The molecule has 0 saturated heterocycles. The van der Waals surface area contributed by atoms with Gasteiger partial charge >= 0.3 is 0 Å². The van der Waals surface area contributed by atoms with Gasteiger partial charge in [0, 0.05) is 12.1 Å². The van der Waals surface area contributed by atoms with Gasteiger partial charge in [-0.05, 0) is 38.8 Å². The van der Waals surface area contributed by atoms with Gasteiger partial charge in [0.05, 0.1) is 6.54 Å². The molecule has 0 heterocycles. The number of nitrogens with two attached hydrogens (primary N) is 1. The van der Waals surface area contributed by atoms with Crippen LogP contribution in [0.15, 0.2) is 0 Å². The predicted molar refractivity (Wildman–Crippen MR) is 77.4 cm³/mol. The van der Waals surface area contributed by atoms with E-state index in [4.69, 9.17) is 5.73 Å². The molecule has 2 unspecified atom stereocenters. The van der Waals surface area contributed by atoms with Gasteiger partial charge in [-0.3, -0.25) is 9.69 Å². The summed E-state index contributed by atoms with van der Waals surface area (Å²) in [6, 6.07) is 0.439. The first-order chi connectivity index (χ1) is 8.23. The fourth-order valence-corrected chi connectivity index (χ4v) is 1.49. The molecule has 3 N–H and O–H groups in total. The molecule has 18 heavy (non-hydrogen) atoms. The molecule has 0 saturated carbocycles. The van der Waals surface area contributed by atoms with E-state index in [-0.39, 0.29) is 18.0 Å². The van der Waals surface area contributed by atoms with E-state index in [0.29, 0.717) is 18.4 Å². The summed E-state index contributed by atoms with van der Waals surface area (Å²) < 4.78 is 0. The minimum absolute atomic E-state index is 0.0943. The Labute approximate surface area is 112 Å². The van der Waals surface area contributed by atoms with Crippen molar-refractivity contribution in [3.8, 4) is 0 Å². The largest absolute Gasteiger partial charge is 0.352 e. The van der Waals surface area contributed by atoms with Crippen LogP contribution >= 0.6 is 0 Å². The Balaban J connectivity index is 3.87. The number of likely N-dealkylation sites (N-methyl/N-ethyl adjacent to an activating group) is 1. The van der Waals surface area contributed by atoms with Crippen LogP contribution in [0.25, 0.3) is 0 Å². The van der Waals surface area contributed by atoms with Crippen molar-refractivity contribution < 1.29 is 4.79 Å². The second-order valence-corrected chi connectivity index (χ2v) is 6.03. The molecule has 0 rings (SSSR count). The number of nitrogens with zero attached hydrogens (tertiary/aromatic N) is 1. The molecule has 4 nitrogen and oxygen atoms in total. The molecule has 0 radical (unpaired) electrons. The van der Waals surface area contributed by atoms with Gasteiger partial charge < -0.3 is 11.1 Å². The Bertz CT molecular complexity index is 241. The maximum Gasteiger partial charge on any atom is 0.234 e. The first kappa shape index (κ1) is 17.4. The SMILES string of the molecule is CC(C)C(N)CCN(C)CC(=O)NC(C)C(C)C.